The van der Waals surface area contributed by atoms with Gasteiger partial charge in [0, 0.05) is 14.2 Å². The Labute approximate surface area is 111 Å². The van der Waals surface area contributed by atoms with Gasteiger partial charge in [0.25, 0.3) is 0 Å². The fraction of sp³-hybridized carbons (Fsp3) is 0.692. The van der Waals surface area contributed by atoms with E-state index < -0.39 is 0 Å². The number of aliphatic hydroxyl groups is 1. The number of aryl methyl sites for hydroxylation is 1. The van der Waals surface area contributed by atoms with E-state index in [1.807, 2.05) is 6.07 Å². The molecular formula is C13H21BrOS. The summed E-state index contributed by atoms with van der Waals surface area (Å²) in [6, 6.07) is 2.04. The molecule has 0 radical (unpaired) electrons. The highest BCUT2D eigenvalue weighted by atomic mass is 79.9. The van der Waals surface area contributed by atoms with Crippen LogP contribution in [0.4, 0.5) is 0 Å². The first-order valence-corrected chi connectivity index (χ1v) is 7.26. The van der Waals surface area contributed by atoms with E-state index in [9.17, 15) is 5.11 Å². The summed E-state index contributed by atoms with van der Waals surface area (Å²) in [5.74, 6) is 0.503. The van der Waals surface area contributed by atoms with Crippen LogP contribution in [0, 0.1) is 18.3 Å². The van der Waals surface area contributed by atoms with Gasteiger partial charge in [-0.05, 0) is 46.7 Å². The molecule has 1 nitrogen and oxygen atoms in total. The first kappa shape index (κ1) is 14.2. The maximum absolute atomic E-state index is 10.2. The first-order valence-electron chi connectivity index (χ1n) is 5.65. The van der Waals surface area contributed by atoms with Gasteiger partial charge in [-0.25, -0.2) is 0 Å². The van der Waals surface area contributed by atoms with Crippen molar-refractivity contribution in [3.63, 3.8) is 0 Å². The van der Waals surface area contributed by atoms with Gasteiger partial charge in [0.05, 0.1) is 6.10 Å². The summed E-state index contributed by atoms with van der Waals surface area (Å²) < 4.78 is 1.11. The van der Waals surface area contributed by atoms with Crippen molar-refractivity contribution in [2.75, 3.05) is 0 Å². The summed E-state index contributed by atoms with van der Waals surface area (Å²) >= 11 is 5.17. The smallest absolute Gasteiger partial charge is 0.0885 e. The minimum absolute atomic E-state index is 0.254. The quantitative estimate of drug-likeness (QED) is 0.840. The lowest BCUT2D eigenvalue weighted by Gasteiger charge is -2.28. The molecule has 0 aliphatic heterocycles. The molecule has 0 saturated carbocycles. The molecule has 1 aromatic rings. The van der Waals surface area contributed by atoms with Crippen molar-refractivity contribution in [2.24, 2.45) is 11.3 Å². The molecule has 0 aliphatic rings. The number of hydrogen-bond donors (Lipinski definition) is 1. The van der Waals surface area contributed by atoms with E-state index in [1.165, 1.54) is 4.88 Å². The maximum atomic E-state index is 10.2. The first-order chi connectivity index (χ1) is 7.21. The SMILES string of the molecule is Cc1sc(C(O)CC(C)C(C)(C)C)cc1Br. The molecule has 2 atom stereocenters. The molecule has 1 heterocycles. The van der Waals surface area contributed by atoms with Gasteiger partial charge >= 0.3 is 0 Å². The number of hydrogen-bond acceptors (Lipinski definition) is 2. The third-order valence-corrected chi connectivity index (χ3v) is 5.50. The van der Waals surface area contributed by atoms with E-state index in [0.717, 1.165) is 15.8 Å². The summed E-state index contributed by atoms with van der Waals surface area (Å²) in [7, 11) is 0. The van der Waals surface area contributed by atoms with Gasteiger partial charge in [0.1, 0.15) is 0 Å². The zero-order valence-corrected chi connectivity index (χ0v) is 13.1. The molecule has 0 bridgehead atoms. The highest BCUT2D eigenvalue weighted by Crippen LogP contribution is 2.37. The third kappa shape index (κ3) is 3.57. The maximum Gasteiger partial charge on any atom is 0.0885 e. The fourth-order valence-electron chi connectivity index (χ4n) is 1.45. The van der Waals surface area contributed by atoms with Crippen LogP contribution in [0.3, 0.4) is 0 Å². The number of rotatable bonds is 3. The Bertz CT molecular complexity index is 332. The molecule has 1 rings (SSSR count). The lowest BCUT2D eigenvalue weighted by atomic mass is 9.79. The van der Waals surface area contributed by atoms with Crippen molar-refractivity contribution in [3.8, 4) is 0 Å². The highest BCUT2D eigenvalue weighted by molar-refractivity contribution is 9.10. The van der Waals surface area contributed by atoms with Crippen LogP contribution in [0.5, 0.6) is 0 Å². The number of aliphatic hydroxyl groups excluding tert-OH is 1. The third-order valence-electron chi connectivity index (χ3n) is 3.26. The largest absolute Gasteiger partial charge is 0.388 e. The van der Waals surface area contributed by atoms with Crippen LogP contribution < -0.4 is 0 Å². The van der Waals surface area contributed by atoms with Crippen molar-refractivity contribution in [1.29, 1.82) is 0 Å². The summed E-state index contributed by atoms with van der Waals surface area (Å²) in [6.07, 6.45) is 0.500. The Morgan fingerprint density at radius 2 is 2.00 bits per heavy atom. The van der Waals surface area contributed by atoms with Gasteiger partial charge in [-0.15, -0.1) is 11.3 Å². The number of halogens is 1. The molecule has 0 aliphatic carbocycles. The Morgan fingerprint density at radius 3 is 2.38 bits per heavy atom. The molecule has 0 amide bonds. The predicted molar refractivity (Wildman–Crippen MR) is 75.0 cm³/mol. The normalized spacial score (nSPS) is 16.2. The molecule has 0 saturated heterocycles. The van der Waals surface area contributed by atoms with Crippen LogP contribution in [0.1, 0.15) is 50.0 Å². The van der Waals surface area contributed by atoms with E-state index in [-0.39, 0.29) is 11.5 Å². The predicted octanol–water partition coefficient (Wildman–Crippen LogP) is 4.92. The zero-order valence-electron chi connectivity index (χ0n) is 10.7. The summed E-state index contributed by atoms with van der Waals surface area (Å²) in [4.78, 5) is 2.30. The molecule has 1 aromatic heterocycles. The van der Waals surface area contributed by atoms with Crippen molar-refractivity contribution in [3.05, 3.63) is 20.3 Å². The van der Waals surface area contributed by atoms with Gasteiger partial charge in [-0.3, -0.25) is 0 Å². The Balaban J connectivity index is 2.69. The van der Waals surface area contributed by atoms with Gasteiger partial charge in [0.2, 0.25) is 0 Å². The van der Waals surface area contributed by atoms with E-state index in [0.29, 0.717) is 5.92 Å². The molecule has 2 unspecified atom stereocenters. The second-order valence-electron chi connectivity index (χ2n) is 5.57. The van der Waals surface area contributed by atoms with Crippen LogP contribution in [-0.4, -0.2) is 5.11 Å². The molecule has 0 fully saturated rings. The van der Waals surface area contributed by atoms with E-state index in [1.54, 1.807) is 11.3 Å². The molecule has 1 N–H and O–H groups in total. The second-order valence-corrected chi connectivity index (χ2v) is 7.71. The summed E-state index contributed by atoms with van der Waals surface area (Å²) in [5, 5.41) is 10.2. The Hall–Kier alpha value is 0.140. The van der Waals surface area contributed by atoms with Crippen molar-refractivity contribution < 1.29 is 5.11 Å². The molecule has 92 valence electrons. The number of thiophene rings is 1. The minimum Gasteiger partial charge on any atom is -0.388 e. The van der Waals surface area contributed by atoms with Gasteiger partial charge in [-0.1, -0.05) is 27.7 Å². The molecule has 16 heavy (non-hydrogen) atoms. The lowest BCUT2D eigenvalue weighted by Crippen LogP contribution is -2.19. The monoisotopic (exact) mass is 304 g/mol. The van der Waals surface area contributed by atoms with E-state index in [4.69, 9.17) is 0 Å². The average Bonchev–Trinajstić information content (AvgIpc) is 2.45. The zero-order chi connectivity index (χ0) is 12.5. The van der Waals surface area contributed by atoms with Gasteiger partial charge in [-0.2, -0.15) is 0 Å². The fourth-order valence-corrected chi connectivity index (χ4v) is 3.01. The van der Waals surface area contributed by atoms with Crippen LogP contribution in [0.2, 0.25) is 0 Å². The van der Waals surface area contributed by atoms with Crippen LogP contribution in [-0.2, 0) is 0 Å². The summed E-state index contributed by atoms with van der Waals surface area (Å²) in [5.41, 5.74) is 0.254. The topological polar surface area (TPSA) is 20.2 Å². The van der Waals surface area contributed by atoms with Crippen molar-refractivity contribution in [2.45, 2.75) is 47.1 Å². The second kappa shape index (κ2) is 5.19. The van der Waals surface area contributed by atoms with Gasteiger partial charge in [0.15, 0.2) is 0 Å². The molecule has 3 heteroatoms. The minimum atomic E-state index is -0.329. The van der Waals surface area contributed by atoms with Crippen LogP contribution >= 0.6 is 27.3 Å². The van der Waals surface area contributed by atoms with Crippen LogP contribution in [0.25, 0.3) is 0 Å². The Morgan fingerprint density at radius 1 is 1.44 bits per heavy atom. The molecular weight excluding hydrogens is 284 g/mol. The van der Waals surface area contributed by atoms with E-state index >= 15 is 0 Å². The lowest BCUT2D eigenvalue weighted by molar-refractivity contribution is 0.113. The van der Waals surface area contributed by atoms with Crippen molar-refractivity contribution in [1.82, 2.24) is 0 Å². The molecule has 0 aromatic carbocycles. The van der Waals surface area contributed by atoms with Crippen LogP contribution in [0.15, 0.2) is 10.5 Å². The average molecular weight is 305 g/mol. The standard InChI is InChI=1S/C13H21BrOS/c1-8(13(3,4)5)6-11(15)12-7-10(14)9(2)16-12/h7-8,11,15H,6H2,1-5H3. The van der Waals surface area contributed by atoms with E-state index in [2.05, 4.69) is 50.5 Å². The van der Waals surface area contributed by atoms with Crippen molar-refractivity contribution >= 4 is 27.3 Å². The highest BCUT2D eigenvalue weighted by Gasteiger charge is 2.24. The Kier molecular flexibility index (Phi) is 4.61. The van der Waals surface area contributed by atoms with Gasteiger partial charge < -0.3 is 5.11 Å². The summed E-state index contributed by atoms with van der Waals surface area (Å²) in [6.45, 7) is 10.9. The molecule has 0 spiro atoms.